The molecule has 0 radical (unpaired) electrons. The molecule has 2 aromatic rings. The van der Waals surface area contributed by atoms with Gasteiger partial charge < -0.3 is 4.74 Å². The molecule has 0 aliphatic heterocycles. The van der Waals surface area contributed by atoms with Crippen molar-refractivity contribution in [1.82, 2.24) is 4.98 Å². The highest BCUT2D eigenvalue weighted by Gasteiger charge is 2.07. The number of hydrogen-bond acceptors (Lipinski definition) is 3. The van der Waals surface area contributed by atoms with Crippen molar-refractivity contribution in [2.75, 3.05) is 0 Å². The lowest BCUT2D eigenvalue weighted by atomic mass is 10.0. The first-order chi connectivity index (χ1) is 8.16. The van der Waals surface area contributed by atoms with E-state index in [0.29, 0.717) is 12.5 Å². The predicted molar refractivity (Wildman–Crippen MR) is 71.7 cm³/mol. The van der Waals surface area contributed by atoms with Crippen LogP contribution in [-0.2, 0) is 6.61 Å². The molecule has 0 unspecified atom stereocenters. The molecule has 3 heteroatoms. The molecule has 0 aliphatic rings. The fourth-order valence-corrected chi connectivity index (χ4v) is 2.31. The van der Waals surface area contributed by atoms with Gasteiger partial charge in [0.05, 0.1) is 10.7 Å². The maximum atomic E-state index is 5.84. The van der Waals surface area contributed by atoms with Crippen LogP contribution in [-0.4, -0.2) is 4.98 Å². The standard InChI is InChI=1S/C14H17NOS/c1-10(2)13-6-4-5-7-14(13)16-8-12-9-17-11(3)15-12/h4-7,9-10H,8H2,1-3H3. The summed E-state index contributed by atoms with van der Waals surface area (Å²) in [7, 11) is 0. The number of nitrogens with zero attached hydrogens (tertiary/aromatic N) is 1. The van der Waals surface area contributed by atoms with E-state index >= 15 is 0 Å². The summed E-state index contributed by atoms with van der Waals surface area (Å²) < 4.78 is 5.84. The number of para-hydroxylation sites is 1. The van der Waals surface area contributed by atoms with E-state index in [9.17, 15) is 0 Å². The van der Waals surface area contributed by atoms with Crippen LogP contribution in [0.25, 0.3) is 0 Å². The molecule has 0 atom stereocenters. The molecule has 17 heavy (non-hydrogen) atoms. The van der Waals surface area contributed by atoms with Crippen molar-refractivity contribution in [1.29, 1.82) is 0 Å². The molecule has 90 valence electrons. The van der Waals surface area contributed by atoms with Crippen LogP contribution >= 0.6 is 11.3 Å². The Hall–Kier alpha value is -1.35. The van der Waals surface area contributed by atoms with E-state index in [4.69, 9.17) is 4.74 Å². The molecule has 1 heterocycles. The molecule has 0 saturated carbocycles. The lowest BCUT2D eigenvalue weighted by Crippen LogP contribution is -1.99. The molecule has 2 nitrogen and oxygen atoms in total. The van der Waals surface area contributed by atoms with E-state index in [-0.39, 0.29) is 0 Å². The van der Waals surface area contributed by atoms with Crippen LogP contribution < -0.4 is 4.74 Å². The van der Waals surface area contributed by atoms with Crippen LogP contribution in [0.4, 0.5) is 0 Å². The number of ether oxygens (including phenoxy) is 1. The van der Waals surface area contributed by atoms with Gasteiger partial charge in [-0.05, 0) is 24.5 Å². The number of aryl methyl sites for hydroxylation is 1. The Morgan fingerprint density at radius 3 is 2.71 bits per heavy atom. The first-order valence-corrected chi connectivity index (χ1v) is 6.67. The van der Waals surface area contributed by atoms with Crippen LogP contribution in [0, 0.1) is 6.92 Å². The van der Waals surface area contributed by atoms with Crippen molar-refractivity contribution in [3.8, 4) is 5.75 Å². The van der Waals surface area contributed by atoms with Gasteiger partial charge >= 0.3 is 0 Å². The SMILES string of the molecule is Cc1nc(COc2ccccc2C(C)C)cs1. The van der Waals surface area contributed by atoms with Crippen molar-refractivity contribution in [2.45, 2.75) is 33.3 Å². The summed E-state index contributed by atoms with van der Waals surface area (Å²) in [5, 5.41) is 3.13. The normalized spacial score (nSPS) is 10.8. The zero-order valence-electron chi connectivity index (χ0n) is 10.4. The van der Waals surface area contributed by atoms with Crippen LogP contribution in [0.2, 0.25) is 0 Å². The molecular weight excluding hydrogens is 230 g/mol. The fourth-order valence-electron chi connectivity index (χ4n) is 1.72. The van der Waals surface area contributed by atoms with Gasteiger partial charge in [0.1, 0.15) is 12.4 Å². The van der Waals surface area contributed by atoms with Gasteiger partial charge in [-0.2, -0.15) is 0 Å². The van der Waals surface area contributed by atoms with Crippen LogP contribution in [0.5, 0.6) is 5.75 Å². The second-order valence-corrected chi connectivity index (χ2v) is 5.40. The van der Waals surface area contributed by atoms with E-state index in [1.165, 1.54) is 5.56 Å². The van der Waals surface area contributed by atoms with Gasteiger partial charge in [-0.25, -0.2) is 4.98 Å². The average Bonchev–Trinajstić information content (AvgIpc) is 2.73. The summed E-state index contributed by atoms with van der Waals surface area (Å²) in [5.74, 6) is 1.44. The maximum absolute atomic E-state index is 5.84. The lowest BCUT2D eigenvalue weighted by molar-refractivity contribution is 0.297. The zero-order valence-corrected chi connectivity index (χ0v) is 11.3. The number of benzene rings is 1. The van der Waals surface area contributed by atoms with E-state index in [1.807, 2.05) is 24.4 Å². The summed E-state index contributed by atoms with van der Waals surface area (Å²) in [6, 6.07) is 8.20. The molecule has 1 aromatic heterocycles. The van der Waals surface area contributed by atoms with Gasteiger partial charge in [-0.3, -0.25) is 0 Å². The third kappa shape index (κ3) is 3.07. The van der Waals surface area contributed by atoms with Crippen LogP contribution in [0.3, 0.4) is 0 Å². The quantitative estimate of drug-likeness (QED) is 0.809. The number of hydrogen-bond donors (Lipinski definition) is 0. The summed E-state index contributed by atoms with van der Waals surface area (Å²) in [5.41, 5.74) is 2.26. The zero-order chi connectivity index (χ0) is 12.3. The highest BCUT2D eigenvalue weighted by atomic mass is 32.1. The molecule has 0 fully saturated rings. The largest absolute Gasteiger partial charge is 0.487 e. The van der Waals surface area contributed by atoms with Crippen molar-refractivity contribution in [3.05, 3.63) is 45.9 Å². The minimum atomic E-state index is 0.475. The fraction of sp³-hybridized carbons (Fsp3) is 0.357. The molecule has 0 spiro atoms. The summed E-state index contributed by atoms with van der Waals surface area (Å²) >= 11 is 1.66. The van der Waals surface area contributed by atoms with E-state index in [1.54, 1.807) is 11.3 Å². The van der Waals surface area contributed by atoms with E-state index in [2.05, 4.69) is 31.0 Å². The summed E-state index contributed by atoms with van der Waals surface area (Å²) in [4.78, 5) is 4.39. The predicted octanol–water partition coefficient (Wildman–Crippen LogP) is 4.15. The Morgan fingerprint density at radius 2 is 2.06 bits per heavy atom. The number of thiazole rings is 1. The Morgan fingerprint density at radius 1 is 1.29 bits per heavy atom. The third-order valence-electron chi connectivity index (χ3n) is 2.58. The molecule has 2 rings (SSSR count). The Kier molecular flexibility index (Phi) is 3.79. The molecule has 1 aromatic carbocycles. The average molecular weight is 247 g/mol. The summed E-state index contributed by atoms with van der Waals surface area (Å²) in [6.07, 6.45) is 0. The third-order valence-corrected chi connectivity index (χ3v) is 3.41. The molecule has 0 N–H and O–H groups in total. The van der Waals surface area contributed by atoms with Crippen molar-refractivity contribution >= 4 is 11.3 Å². The highest BCUT2D eigenvalue weighted by Crippen LogP contribution is 2.26. The molecule has 0 bridgehead atoms. The van der Waals surface area contributed by atoms with Gasteiger partial charge in [0.2, 0.25) is 0 Å². The van der Waals surface area contributed by atoms with Crippen molar-refractivity contribution in [2.24, 2.45) is 0 Å². The van der Waals surface area contributed by atoms with E-state index in [0.717, 1.165) is 16.5 Å². The van der Waals surface area contributed by atoms with Gasteiger partial charge in [0, 0.05) is 5.38 Å². The van der Waals surface area contributed by atoms with Crippen LogP contribution in [0.1, 0.15) is 36.0 Å². The monoisotopic (exact) mass is 247 g/mol. The Bertz CT molecular complexity index is 490. The van der Waals surface area contributed by atoms with Crippen molar-refractivity contribution in [3.63, 3.8) is 0 Å². The summed E-state index contributed by atoms with van der Waals surface area (Å²) in [6.45, 7) is 6.91. The minimum Gasteiger partial charge on any atom is -0.487 e. The maximum Gasteiger partial charge on any atom is 0.131 e. The molecule has 0 aliphatic carbocycles. The lowest BCUT2D eigenvalue weighted by Gasteiger charge is -2.12. The first-order valence-electron chi connectivity index (χ1n) is 5.79. The topological polar surface area (TPSA) is 22.1 Å². The van der Waals surface area contributed by atoms with E-state index < -0.39 is 0 Å². The van der Waals surface area contributed by atoms with Gasteiger partial charge in [0.25, 0.3) is 0 Å². The smallest absolute Gasteiger partial charge is 0.131 e. The number of rotatable bonds is 4. The number of aromatic nitrogens is 1. The van der Waals surface area contributed by atoms with Crippen molar-refractivity contribution < 1.29 is 4.74 Å². The minimum absolute atomic E-state index is 0.475. The first kappa shape index (κ1) is 12.1. The molecule has 0 amide bonds. The highest BCUT2D eigenvalue weighted by molar-refractivity contribution is 7.09. The second kappa shape index (κ2) is 5.32. The Balaban J connectivity index is 2.08. The van der Waals surface area contributed by atoms with Crippen LogP contribution in [0.15, 0.2) is 29.6 Å². The van der Waals surface area contributed by atoms with Gasteiger partial charge in [-0.15, -0.1) is 11.3 Å². The Labute approximate surface area is 106 Å². The molecule has 0 saturated heterocycles. The molecular formula is C14H17NOS. The van der Waals surface area contributed by atoms with Gasteiger partial charge in [0.15, 0.2) is 0 Å². The van der Waals surface area contributed by atoms with Gasteiger partial charge in [-0.1, -0.05) is 32.0 Å². The second-order valence-electron chi connectivity index (χ2n) is 4.34.